The fourth-order valence-electron chi connectivity index (χ4n) is 6.57. The van der Waals surface area contributed by atoms with Crippen LogP contribution in [-0.4, -0.2) is 65.7 Å². The van der Waals surface area contributed by atoms with Gasteiger partial charge in [-0.15, -0.1) is 0 Å². The number of hydrogen-bond donors (Lipinski definition) is 3. The van der Waals surface area contributed by atoms with Gasteiger partial charge in [0, 0.05) is 12.8 Å². The van der Waals surface area contributed by atoms with Crippen LogP contribution >= 0.6 is 7.82 Å². The molecule has 0 aliphatic carbocycles. The molecule has 0 saturated carbocycles. The van der Waals surface area contributed by atoms with Gasteiger partial charge in [0.05, 0.1) is 19.8 Å². The van der Waals surface area contributed by atoms with E-state index in [-0.39, 0.29) is 19.4 Å². The molecule has 0 aromatic heterocycles. The van der Waals surface area contributed by atoms with E-state index in [0.717, 1.165) is 57.8 Å². The minimum atomic E-state index is -4.63. The Hall–Kier alpha value is -2.07. The minimum Gasteiger partial charge on any atom is -0.462 e. The Kier molecular flexibility index (Phi) is 43.4. The van der Waals surface area contributed by atoms with E-state index < -0.39 is 51.8 Å². The minimum absolute atomic E-state index is 0.177. The van der Waals surface area contributed by atoms with Crippen molar-refractivity contribution in [1.29, 1.82) is 0 Å². The maximum Gasteiger partial charge on any atom is 0.472 e. The lowest BCUT2D eigenvalue weighted by Crippen LogP contribution is -2.29. The van der Waals surface area contributed by atoms with Gasteiger partial charge in [0.1, 0.15) is 12.7 Å². The Labute approximate surface area is 366 Å². The van der Waals surface area contributed by atoms with Crippen LogP contribution in [0.5, 0.6) is 0 Å². The summed E-state index contributed by atoms with van der Waals surface area (Å²) in [6.07, 6.45) is 49.5. The quantitative estimate of drug-likeness (QED) is 0.0234. The third kappa shape index (κ3) is 44.0. The van der Waals surface area contributed by atoms with Crippen LogP contribution in [0.4, 0.5) is 0 Å². The second-order valence-electron chi connectivity index (χ2n) is 16.1. The normalized spacial score (nSPS) is 14.2. The molecular formula is C49H89O10P. The van der Waals surface area contributed by atoms with Crippen LogP contribution in [0.15, 0.2) is 48.6 Å². The zero-order valence-electron chi connectivity index (χ0n) is 38.2. The molecule has 10 nitrogen and oxygen atoms in total. The molecule has 60 heavy (non-hydrogen) atoms. The summed E-state index contributed by atoms with van der Waals surface area (Å²) in [6, 6.07) is 0. The van der Waals surface area contributed by atoms with Crippen molar-refractivity contribution in [2.75, 3.05) is 26.4 Å². The van der Waals surface area contributed by atoms with E-state index in [1.54, 1.807) is 0 Å². The molecular weight excluding hydrogens is 780 g/mol. The van der Waals surface area contributed by atoms with Gasteiger partial charge in [0.25, 0.3) is 0 Å². The van der Waals surface area contributed by atoms with Gasteiger partial charge in [0.2, 0.25) is 0 Å². The van der Waals surface area contributed by atoms with E-state index in [2.05, 4.69) is 62.5 Å². The van der Waals surface area contributed by atoms with E-state index in [0.29, 0.717) is 12.8 Å². The maximum absolute atomic E-state index is 12.7. The van der Waals surface area contributed by atoms with Crippen molar-refractivity contribution in [2.45, 2.75) is 225 Å². The van der Waals surface area contributed by atoms with Crippen LogP contribution in [-0.2, 0) is 32.7 Å². The molecule has 0 saturated heterocycles. The predicted octanol–water partition coefficient (Wildman–Crippen LogP) is 13.3. The van der Waals surface area contributed by atoms with Crippen molar-refractivity contribution >= 4 is 19.8 Å². The molecule has 0 aromatic rings. The molecule has 0 bridgehead atoms. The average molecular weight is 869 g/mol. The third-order valence-corrected chi connectivity index (χ3v) is 11.2. The molecule has 0 fully saturated rings. The molecule has 0 heterocycles. The van der Waals surface area contributed by atoms with Gasteiger partial charge in [-0.2, -0.15) is 0 Å². The molecule has 0 aliphatic rings. The molecule has 0 spiro atoms. The fraction of sp³-hybridized carbons (Fsp3) is 0.796. The zero-order valence-corrected chi connectivity index (χ0v) is 39.1. The predicted molar refractivity (Wildman–Crippen MR) is 247 cm³/mol. The summed E-state index contributed by atoms with van der Waals surface area (Å²) in [5, 5.41) is 18.4. The number of ether oxygens (including phenoxy) is 2. The van der Waals surface area contributed by atoms with E-state index in [4.69, 9.17) is 23.6 Å². The molecule has 0 aromatic carbocycles. The largest absolute Gasteiger partial charge is 0.472 e. The number of aliphatic hydroxyl groups is 2. The number of phosphoric ester groups is 1. The lowest BCUT2D eigenvalue weighted by molar-refractivity contribution is -0.161. The first-order chi connectivity index (χ1) is 29.2. The first-order valence-corrected chi connectivity index (χ1v) is 25.6. The Bertz CT molecular complexity index is 1140. The Morgan fingerprint density at radius 2 is 0.917 bits per heavy atom. The Morgan fingerprint density at radius 1 is 0.517 bits per heavy atom. The maximum atomic E-state index is 12.7. The summed E-state index contributed by atoms with van der Waals surface area (Å²) in [5.74, 6) is -0.967. The molecule has 3 N–H and O–H groups in total. The van der Waals surface area contributed by atoms with Gasteiger partial charge >= 0.3 is 19.8 Å². The Balaban J connectivity index is 4.22. The highest BCUT2D eigenvalue weighted by Crippen LogP contribution is 2.43. The van der Waals surface area contributed by atoms with Crippen LogP contribution in [0, 0.1) is 0 Å². The first-order valence-electron chi connectivity index (χ1n) is 24.1. The highest BCUT2D eigenvalue weighted by atomic mass is 31.2. The van der Waals surface area contributed by atoms with Crippen LogP contribution in [0.3, 0.4) is 0 Å². The van der Waals surface area contributed by atoms with Crippen LogP contribution in [0.2, 0.25) is 0 Å². The van der Waals surface area contributed by atoms with Gasteiger partial charge in [0.15, 0.2) is 6.10 Å². The van der Waals surface area contributed by atoms with Gasteiger partial charge < -0.3 is 24.6 Å². The lowest BCUT2D eigenvalue weighted by Gasteiger charge is -2.20. The van der Waals surface area contributed by atoms with Crippen LogP contribution in [0.1, 0.15) is 213 Å². The van der Waals surface area contributed by atoms with Crippen molar-refractivity contribution in [3.63, 3.8) is 0 Å². The van der Waals surface area contributed by atoms with E-state index in [1.165, 1.54) is 116 Å². The molecule has 3 atom stereocenters. The number of carbonyl (C=O) groups excluding carboxylic acids is 2. The average Bonchev–Trinajstić information content (AvgIpc) is 3.24. The fourth-order valence-corrected chi connectivity index (χ4v) is 7.36. The number of allylic oxidation sites excluding steroid dienone is 8. The third-order valence-electron chi connectivity index (χ3n) is 10.2. The molecule has 0 aliphatic heterocycles. The highest BCUT2D eigenvalue weighted by Gasteiger charge is 2.27. The molecule has 11 heteroatoms. The number of hydrogen-bond acceptors (Lipinski definition) is 9. The van der Waals surface area contributed by atoms with Crippen LogP contribution < -0.4 is 0 Å². The SMILES string of the molecule is CC/C=C/C/C=C/C/C=C/C/C=C/CCCCC(=O)OC[C@H](COP(=O)(O)OC[C@@H](O)CO)OC(=O)CCCCCCCCCCCCCCCCCCCCCCCC. The second kappa shape index (κ2) is 45.0. The van der Waals surface area contributed by atoms with E-state index in [1.807, 2.05) is 0 Å². The lowest BCUT2D eigenvalue weighted by atomic mass is 10.0. The first kappa shape index (κ1) is 57.9. The number of rotatable bonds is 45. The van der Waals surface area contributed by atoms with Gasteiger partial charge in [-0.1, -0.05) is 197 Å². The van der Waals surface area contributed by atoms with Gasteiger partial charge in [-0.25, -0.2) is 4.57 Å². The topological polar surface area (TPSA) is 149 Å². The summed E-state index contributed by atoms with van der Waals surface area (Å²) in [7, 11) is -4.63. The summed E-state index contributed by atoms with van der Waals surface area (Å²) in [5.41, 5.74) is 0. The molecule has 0 amide bonds. The zero-order chi connectivity index (χ0) is 44.0. The Morgan fingerprint density at radius 3 is 1.38 bits per heavy atom. The van der Waals surface area contributed by atoms with E-state index >= 15 is 0 Å². The van der Waals surface area contributed by atoms with Crippen molar-refractivity contribution in [2.24, 2.45) is 0 Å². The van der Waals surface area contributed by atoms with E-state index in [9.17, 15) is 24.2 Å². The standard InChI is InChI=1S/C49H89O10P/c1-3-5-7-9-11-13-15-17-19-20-21-22-23-24-25-27-29-31-33-35-37-39-41-49(53)59-47(45-58-60(54,55)57-43-46(51)42-50)44-56-48(52)40-38-36-34-32-30-28-26-18-16-14-12-10-8-6-4-2/h6,8,12,14,18,26,30,32,46-47,50-51H,3-5,7,9-11,13,15-17,19-25,27-29,31,33-45H2,1-2H3,(H,54,55)/b8-6+,14-12+,26-18+,32-30+/t46-,47+/m0/s1. The smallest absolute Gasteiger partial charge is 0.462 e. The summed E-state index contributed by atoms with van der Waals surface area (Å²) in [4.78, 5) is 35.1. The highest BCUT2D eigenvalue weighted by molar-refractivity contribution is 7.47. The molecule has 350 valence electrons. The van der Waals surface area contributed by atoms with Crippen molar-refractivity contribution in [3.8, 4) is 0 Å². The number of esters is 2. The van der Waals surface area contributed by atoms with Gasteiger partial charge in [-0.05, 0) is 51.4 Å². The van der Waals surface area contributed by atoms with Crippen molar-refractivity contribution in [1.82, 2.24) is 0 Å². The summed E-state index contributed by atoms with van der Waals surface area (Å²) < 4.78 is 32.8. The molecule has 0 radical (unpaired) electrons. The van der Waals surface area contributed by atoms with Gasteiger partial charge in [-0.3, -0.25) is 18.6 Å². The summed E-state index contributed by atoms with van der Waals surface area (Å²) >= 11 is 0. The number of aliphatic hydroxyl groups excluding tert-OH is 2. The molecule has 1 unspecified atom stereocenters. The van der Waals surface area contributed by atoms with Crippen LogP contribution in [0.25, 0.3) is 0 Å². The number of carbonyl (C=O) groups is 2. The van der Waals surface area contributed by atoms with Crippen molar-refractivity contribution < 1.29 is 47.8 Å². The van der Waals surface area contributed by atoms with Crippen molar-refractivity contribution in [3.05, 3.63) is 48.6 Å². The number of unbranched alkanes of at least 4 members (excludes halogenated alkanes) is 23. The summed E-state index contributed by atoms with van der Waals surface area (Å²) in [6.45, 7) is 2.25. The number of phosphoric acid groups is 1. The second-order valence-corrected chi connectivity index (χ2v) is 17.6. The monoisotopic (exact) mass is 869 g/mol. The molecule has 0 rings (SSSR count).